The summed E-state index contributed by atoms with van der Waals surface area (Å²) < 4.78 is 0. The first-order valence-electron chi connectivity index (χ1n) is 7.09. The van der Waals surface area contributed by atoms with E-state index in [-0.39, 0.29) is 0 Å². The Bertz CT molecular complexity index is 111. The zero-order chi connectivity index (χ0) is 11.5. The maximum Gasteiger partial charge on any atom is -0.0326 e. The van der Waals surface area contributed by atoms with Crippen LogP contribution in [-0.4, -0.2) is 0 Å². The Hall–Kier alpha value is 0. The SMILES string of the molecule is CCCCCC(C)[CH]C(CCC)CCC. The molecule has 0 rings (SSSR count). The minimum absolute atomic E-state index is 0.833. The summed E-state index contributed by atoms with van der Waals surface area (Å²) in [6, 6.07) is 0. The normalized spacial score (nSPS) is 13.4. The van der Waals surface area contributed by atoms with Gasteiger partial charge in [-0.3, -0.25) is 0 Å². The van der Waals surface area contributed by atoms with E-state index >= 15 is 0 Å². The largest absolute Gasteiger partial charge is 0.0654 e. The molecule has 0 amide bonds. The lowest BCUT2D eigenvalue weighted by Crippen LogP contribution is -2.07. The Morgan fingerprint density at radius 3 is 1.87 bits per heavy atom. The second kappa shape index (κ2) is 10.5. The molecule has 0 aliphatic heterocycles. The van der Waals surface area contributed by atoms with Crippen LogP contribution in [-0.2, 0) is 0 Å². The predicted octanol–water partition coefficient (Wildman–Crippen LogP) is 5.62. The number of rotatable bonds is 10. The molecule has 0 aromatic heterocycles. The van der Waals surface area contributed by atoms with E-state index in [1.165, 1.54) is 51.4 Å². The summed E-state index contributed by atoms with van der Waals surface area (Å²) in [6.07, 6.45) is 13.7. The fourth-order valence-electron chi connectivity index (χ4n) is 2.36. The van der Waals surface area contributed by atoms with E-state index < -0.39 is 0 Å². The minimum Gasteiger partial charge on any atom is -0.0654 e. The van der Waals surface area contributed by atoms with Gasteiger partial charge in [-0.25, -0.2) is 0 Å². The molecule has 0 nitrogen and oxygen atoms in total. The molecule has 15 heavy (non-hydrogen) atoms. The van der Waals surface area contributed by atoms with Crippen molar-refractivity contribution in [3.05, 3.63) is 6.42 Å². The van der Waals surface area contributed by atoms with Crippen molar-refractivity contribution in [2.45, 2.75) is 79.1 Å². The maximum atomic E-state index is 2.63. The predicted molar refractivity (Wildman–Crippen MR) is 70.9 cm³/mol. The van der Waals surface area contributed by atoms with Gasteiger partial charge in [0.1, 0.15) is 0 Å². The number of unbranched alkanes of at least 4 members (excludes halogenated alkanes) is 2. The summed E-state index contributed by atoms with van der Waals surface area (Å²) in [5.74, 6) is 1.72. The highest BCUT2D eigenvalue weighted by Crippen LogP contribution is 2.24. The van der Waals surface area contributed by atoms with Crippen LogP contribution in [0.5, 0.6) is 0 Å². The standard InChI is InChI=1S/C15H31/c1-5-8-9-12-14(4)13-15(10-6-2)11-7-3/h13-15H,5-12H2,1-4H3. The van der Waals surface area contributed by atoms with Gasteiger partial charge in [-0.05, 0) is 18.3 Å². The van der Waals surface area contributed by atoms with Crippen molar-refractivity contribution in [3.63, 3.8) is 0 Å². The molecule has 0 bridgehead atoms. The quantitative estimate of drug-likeness (QED) is 0.411. The van der Waals surface area contributed by atoms with Crippen LogP contribution in [0, 0.1) is 18.3 Å². The highest BCUT2D eigenvalue weighted by Gasteiger charge is 2.11. The van der Waals surface area contributed by atoms with Gasteiger partial charge in [-0.15, -0.1) is 0 Å². The van der Waals surface area contributed by atoms with E-state index in [0.717, 1.165) is 11.8 Å². The first-order chi connectivity index (χ1) is 7.24. The van der Waals surface area contributed by atoms with Crippen molar-refractivity contribution in [1.82, 2.24) is 0 Å². The molecule has 0 heteroatoms. The molecule has 91 valence electrons. The summed E-state index contributed by atoms with van der Waals surface area (Å²) in [5.41, 5.74) is 0. The van der Waals surface area contributed by atoms with Gasteiger partial charge in [0.25, 0.3) is 0 Å². The lowest BCUT2D eigenvalue weighted by atomic mass is 9.86. The lowest BCUT2D eigenvalue weighted by molar-refractivity contribution is 0.423. The highest BCUT2D eigenvalue weighted by atomic mass is 14.2. The third-order valence-corrected chi connectivity index (χ3v) is 3.18. The van der Waals surface area contributed by atoms with Crippen LogP contribution in [0.15, 0.2) is 0 Å². The second-order valence-electron chi connectivity index (χ2n) is 5.00. The van der Waals surface area contributed by atoms with Gasteiger partial charge >= 0.3 is 0 Å². The van der Waals surface area contributed by atoms with Crippen molar-refractivity contribution in [3.8, 4) is 0 Å². The van der Waals surface area contributed by atoms with Gasteiger partial charge < -0.3 is 0 Å². The van der Waals surface area contributed by atoms with Gasteiger partial charge in [0.05, 0.1) is 0 Å². The minimum atomic E-state index is 0.833. The molecular formula is C15H31. The van der Waals surface area contributed by atoms with E-state index in [1.54, 1.807) is 0 Å². The fraction of sp³-hybridized carbons (Fsp3) is 0.933. The Kier molecular flexibility index (Phi) is 10.5. The maximum absolute atomic E-state index is 2.63. The van der Waals surface area contributed by atoms with Gasteiger partial charge in [0, 0.05) is 0 Å². The molecule has 1 unspecified atom stereocenters. The van der Waals surface area contributed by atoms with Crippen LogP contribution in [0.25, 0.3) is 0 Å². The van der Waals surface area contributed by atoms with Gasteiger partial charge in [0.15, 0.2) is 0 Å². The zero-order valence-corrected chi connectivity index (χ0v) is 11.4. The molecule has 0 spiro atoms. The average molecular weight is 211 g/mol. The molecule has 0 heterocycles. The molecule has 0 saturated heterocycles. The fourth-order valence-corrected chi connectivity index (χ4v) is 2.36. The molecule has 0 aromatic carbocycles. The third kappa shape index (κ3) is 8.96. The highest BCUT2D eigenvalue weighted by molar-refractivity contribution is 4.81. The first-order valence-corrected chi connectivity index (χ1v) is 7.09. The summed E-state index contributed by atoms with van der Waals surface area (Å²) >= 11 is 0. The van der Waals surface area contributed by atoms with Crippen LogP contribution in [0.1, 0.15) is 79.1 Å². The smallest absolute Gasteiger partial charge is 0.0326 e. The summed E-state index contributed by atoms with van der Waals surface area (Å²) in [7, 11) is 0. The van der Waals surface area contributed by atoms with Crippen LogP contribution in [0.2, 0.25) is 0 Å². The van der Waals surface area contributed by atoms with Crippen molar-refractivity contribution in [1.29, 1.82) is 0 Å². The van der Waals surface area contributed by atoms with E-state index in [1.807, 2.05) is 0 Å². The summed E-state index contributed by atoms with van der Waals surface area (Å²) in [5, 5.41) is 0. The first kappa shape index (κ1) is 15.0. The van der Waals surface area contributed by atoms with E-state index in [2.05, 4.69) is 34.1 Å². The van der Waals surface area contributed by atoms with E-state index in [0.29, 0.717) is 0 Å². The van der Waals surface area contributed by atoms with Crippen LogP contribution >= 0.6 is 0 Å². The molecule has 0 saturated carbocycles. The second-order valence-corrected chi connectivity index (χ2v) is 5.00. The van der Waals surface area contributed by atoms with Crippen LogP contribution in [0.4, 0.5) is 0 Å². The Balaban J connectivity index is 3.62. The van der Waals surface area contributed by atoms with E-state index in [9.17, 15) is 0 Å². The monoisotopic (exact) mass is 211 g/mol. The average Bonchev–Trinajstić information content (AvgIpc) is 2.19. The number of hydrogen-bond donors (Lipinski definition) is 0. The van der Waals surface area contributed by atoms with Gasteiger partial charge in [-0.1, -0.05) is 79.1 Å². The van der Waals surface area contributed by atoms with Gasteiger partial charge in [0.2, 0.25) is 0 Å². The molecular weight excluding hydrogens is 180 g/mol. The van der Waals surface area contributed by atoms with Crippen molar-refractivity contribution in [2.24, 2.45) is 11.8 Å². The third-order valence-electron chi connectivity index (χ3n) is 3.18. The van der Waals surface area contributed by atoms with E-state index in [4.69, 9.17) is 0 Å². The molecule has 0 aliphatic rings. The van der Waals surface area contributed by atoms with Crippen molar-refractivity contribution >= 4 is 0 Å². The molecule has 1 atom stereocenters. The molecule has 0 aliphatic carbocycles. The van der Waals surface area contributed by atoms with Crippen LogP contribution < -0.4 is 0 Å². The molecule has 0 N–H and O–H groups in total. The van der Waals surface area contributed by atoms with Crippen molar-refractivity contribution < 1.29 is 0 Å². The molecule has 0 fully saturated rings. The Morgan fingerprint density at radius 2 is 1.40 bits per heavy atom. The van der Waals surface area contributed by atoms with Crippen molar-refractivity contribution in [2.75, 3.05) is 0 Å². The molecule has 1 radical (unpaired) electrons. The zero-order valence-electron chi connectivity index (χ0n) is 11.4. The number of hydrogen-bond acceptors (Lipinski definition) is 0. The van der Waals surface area contributed by atoms with Crippen LogP contribution in [0.3, 0.4) is 0 Å². The van der Waals surface area contributed by atoms with Gasteiger partial charge in [-0.2, -0.15) is 0 Å². The Morgan fingerprint density at radius 1 is 0.800 bits per heavy atom. The Labute approximate surface area is 97.8 Å². The summed E-state index contributed by atoms with van der Waals surface area (Å²) in [6.45, 7) is 9.29. The topological polar surface area (TPSA) is 0 Å². The lowest BCUT2D eigenvalue weighted by Gasteiger charge is -2.19. The summed E-state index contributed by atoms with van der Waals surface area (Å²) in [4.78, 5) is 0. The molecule has 0 aromatic rings.